The lowest BCUT2D eigenvalue weighted by Gasteiger charge is -2.04. The fourth-order valence-corrected chi connectivity index (χ4v) is 1.19. The summed E-state index contributed by atoms with van der Waals surface area (Å²) in [6.45, 7) is 4.58. The third kappa shape index (κ3) is 3.63. The van der Waals surface area contributed by atoms with Gasteiger partial charge in [-0.05, 0) is 19.9 Å². The summed E-state index contributed by atoms with van der Waals surface area (Å²) in [5.41, 5.74) is 1.19. The molecule has 0 atom stereocenters. The summed E-state index contributed by atoms with van der Waals surface area (Å²) in [6.07, 6.45) is 0. The molecule has 0 aliphatic rings. The largest absolute Gasteiger partial charge is 0.383 e. The van der Waals surface area contributed by atoms with Gasteiger partial charge in [0, 0.05) is 19.3 Å². The maximum Gasteiger partial charge on any atom is 0.270 e. The van der Waals surface area contributed by atoms with Crippen LogP contribution in [0.4, 0.5) is 0 Å². The minimum absolute atomic E-state index is 0.194. The molecule has 0 aliphatic heterocycles. The Bertz CT molecular complexity index is 332. The average molecular weight is 209 g/mol. The van der Waals surface area contributed by atoms with Gasteiger partial charge in [-0.3, -0.25) is 4.79 Å². The molecular formula is C10H15N3O2. The molecule has 0 aromatic carbocycles. The maximum absolute atomic E-state index is 11.6. The number of ether oxygens (including phenoxy) is 1. The number of methoxy groups -OCH3 is 1. The summed E-state index contributed by atoms with van der Waals surface area (Å²) < 4.78 is 4.83. The minimum atomic E-state index is -0.194. The van der Waals surface area contributed by atoms with Crippen molar-refractivity contribution in [2.75, 3.05) is 20.3 Å². The number of amides is 1. The SMILES string of the molecule is COCCNC(=O)c1cc(C)nc(C)n1. The summed E-state index contributed by atoms with van der Waals surface area (Å²) in [5, 5.41) is 2.70. The van der Waals surface area contributed by atoms with E-state index in [0.717, 1.165) is 5.69 Å². The van der Waals surface area contributed by atoms with Crippen molar-refractivity contribution in [3.05, 3.63) is 23.3 Å². The van der Waals surface area contributed by atoms with Crippen LogP contribution in [0.1, 0.15) is 22.0 Å². The van der Waals surface area contributed by atoms with E-state index in [1.54, 1.807) is 20.1 Å². The quantitative estimate of drug-likeness (QED) is 0.732. The molecule has 0 unspecified atom stereocenters. The van der Waals surface area contributed by atoms with Crippen LogP contribution in [-0.4, -0.2) is 36.1 Å². The molecule has 1 aromatic rings. The van der Waals surface area contributed by atoms with Crippen LogP contribution in [-0.2, 0) is 4.74 Å². The third-order valence-electron chi connectivity index (χ3n) is 1.79. The van der Waals surface area contributed by atoms with E-state index >= 15 is 0 Å². The first-order valence-corrected chi connectivity index (χ1v) is 4.73. The first-order chi connectivity index (χ1) is 7.13. The van der Waals surface area contributed by atoms with E-state index in [1.165, 1.54) is 0 Å². The van der Waals surface area contributed by atoms with Gasteiger partial charge in [-0.2, -0.15) is 0 Å². The number of rotatable bonds is 4. The summed E-state index contributed by atoms with van der Waals surface area (Å²) in [5.74, 6) is 0.410. The molecule has 0 bridgehead atoms. The molecule has 1 amide bonds. The fourth-order valence-electron chi connectivity index (χ4n) is 1.19. The number of nitrogens with zero attached hydrogens (tertiary/aromatic N) is 2. The minimum Gasteiger partial charge on any atom is -0.383 e. The predicted molar refractivity (Wildman–Crippen MR) is 55.7 cm³/mol. The molecule has 15 heavy (non-hydrogen) atoms. The molecule has 5 heteroatoms. The van der Waals surface area contributed by atoms with Crippen molar-refractivity contribution in [3.8, 4) is 0 Å². The normalized spacial score (nSPS) is 10.1. The van der Waals surface area contributed by atoms with Gasteiger partial charge in [-0.15, -0.1) is 0 Å². The number of aryl methyl sites for hydroxylation is 2. The van der Waals surface area contributed by atoms with E-state index in [1.807, 2.05) is 6.92 Å². The number of aromatic nitrogens is 2. The molecule has 0 radical (unpaired) electrons. The van der Waals surface area contributed by atoms with Crippen LogP contribution in [0.2, 0.25) is 0 Å². The van der Waals surface area contributed by atoms with Gasteiger partial charge in [0.1, 0.15) is 11.5 Å². The van der Waals surface area contributed by atoms with Crippen LogP contribution in [0, 0.1) is 13.8 Å². The fraction of sp³-hybridized carbons (Fsp3) is 0.500. The van der Waals surface area contributed by atoms with Crippen molar-refractivity contribution >= 4 is 5.91 Å². The molecule has 0 spiro atoms. The van der Waals surface area contributed by atoms with Gasteiger partial charge < -0.3 is 10.1 Å². The van der Waals surface area contributed by atoms with Crippen molar-refractivity contribution in [1.82, 2.24) is 15.3 Å². The monoisotopic (exact) mass is 209 g/mol. The second-order valence-corrected chi connectivity index (χ2v) is 3.19. The predicted octanol–water partition coefficient (Wildman–Crippen LogP) is 0.470. The Hall–Kier alpha value is -1.49. The zero-order chi connectivity index (χ0) is 11.3. The summed E-state index contributed by atoms with van der Waals surface area (Å²) in [4.78, 5) is 19.7. The molecule has 0 fully saturated rings. The smallest absolute Gasteiger partial charge is 0.270 e. The number of carbonyl (C=O) groups excluding carboxylic acids is 1. The van der Waals surface area contributed by atoms with E-state index in [0.29, 0.717) is 24.7 Å². The van der Waals surface area contributed by atoms with Crippen LogP contribution in [0.25, 0.3) is 0 Å². The highest BCUT2D eigenvalue weighted by Gasteiger charge is 2.07. The molecule has 82 valence electrons. The highest BCUT2D eigenvalue weighted by Crippen LogP contribution is 1.99. The van der Waals surface area contributed by atoms with Crippen molar-refractivity contribution < 1.29 is 9.53 Å². The van der Waals surface area contributed by atoms with Crippen LogP contribution in [0.5, 0.6) is 0 Å². The van der Waals surface area contributed by atoms with Gasteiger partial charge in [0.25, 0.3) is 5.91 Å². The molecule has 0 saturated heterocycles. The van der Waals surface area contributed by atoms with Gasteiger partial charge in [0.05, 0.1) is 6.61 Å². The lowest BCUT2D eigenvalue weighted by atomic mass is 10.3. The Morgan fingerprint density at radius 2 is 2.20 bits per heavy atom. The molecule has 1 N–H and O–H groups in total. The van der Waals surface area contributed by atoms with Gasteiger partial charge in [-0.25, -0.2) is 9.97 Å². The number of nitrogens with one attached hydrogen (secondary N) is 1. The molecular weight excluding hydrogens is 194 g/mol. The molecule has 0 aliphatic carbocycles. The third-order valence-corrected chi connectivity index (χ3v) is 1.79. The lowest BCUT2D eigenvalue weighted by molar-refractivity contribution is 0.0931. The van der Waals surface area contributed by atoms with Crippen LogP contribution < -0.4 is 5.32 Å². The summed E-state index contributed by atoms with van der Waals surface area (Å²) >= 11 is 0. The van der Waals surface area contributed by atoms with Crippen molar-refractivity contribution in [1.29, 1.82) is 0 Å². The standard InChI is InChI=1S/C10H15N3O2/c1-7-6-9(13-8(2)12-7)10(14)11-4-5-15-3/h6H,4-5H2,1-3H3,(H,11,14). The number of carbonyl (C=O) groups is 1. The van der Waals surface area contributed by atoms with Crippen LogP contribution >= 0.6 is 0 Å². The Morgan fingerprint density at radius 3 is 2.80 bits per heavy atom. The van der Waals surface area contributed by atoms with E-state index in [9.17, 15) is 4.79 Å². The van der Waals surface area contributed by atoms with E-state index in [4.69, 9.17) is 4.74 Å². The second kappa shape index (κ2) is 5.41. The summed E-state index contributed by atoms with van der Waals surface area (Å²) in [7, 11) is 1.59. The topological polar surface area (TPSA) is 64.1 Å². The maximum atomic E-state index is 11.6. The molecule has 1 aromatic heterocycles. The Labute approximate surface area is 88.9 Å². The van der Waals surface area contributed by atoms with Crippen molar-refractivity contribution in [2.45, 2.75) is 13.8 Å². The number of hydrogen-bond donors (Lipinski definition) is 1. The molecule has 1 heterocycles. The highest BCUT2D eigenvalue weighted by atomic mass is 16.5. The highest BCUT2D eigenvalue weighted by molar-refractivity contribution is 5.92. The lowest BCUT2D eigenvalue weighted by Crippen LogP contribution is -2.28. The van der Waals surface area contributed by atoms with Gasteiger partial charge in [0.15, 0.2) is 0 Å². The van der Waals surface area contributed by atoms with Gasteiger partial charge in [-0.1, -0.05) is 0 Å². The van der Waals surface area contributed by atoms with Crippen LogP contribution in [0.15, 0.2) is 6.07 Å². The molecule has 0 saturated carbocycles. The number of hydrogen-bond acceptors (Lipinski definition) is 4. The average Bonchev–Trinajstić information content (AvgIpc) is 2.16. The zero-order valence-corrected chi connectivity index (χ0v) is 9.20. The van der Waals surface area contributed by atoms with E-state index < -0.39 is 0 Å². The first kappa shape index (κ1) is 11.6. The zero-order valence-electron chi connectivity index (χ0n) is 9.20. The van der Waals surface area contributed by atoms with Crippen molar-refractivity contribution in [2.24, 2.45) is 0 Å². The van der Waals surface area contributed by atoms with Crippen LogP contribution in [0.3, 0.4) is 0 Å². The Kier molecular flexibility index (Phi) is 4.17. The van der Waals surface area contributed by atoms with E-state index in [2.05, 4.69) is 15.3 Å². The van der Waals surface area contributed by atoms with Crippen molar-refractivity contribution in [3.63, 3.8) is 0 Å². The van der Waals surface area contributed by atoms with Gasteiger partial charge in [0.2, 0.25) is 0 Å². The second-order valence-electron chi connectivity index (χ2n) is 3.19. The molecule has 1 rings (SSSR count). The molecule has 5 nitrogen and oxygen atoms in total. The van der Waals surface area contributed by atoms with E-state index in [-0.39, 0.29) is 5.91 Å². The Balaban J connectivity index is 2.65. The first-order valence-electron chi connectivity index (χ1n) is 4.73. The Morgan fingerprint density at radius 1 is 1.47 bits per heavy atom. The summed E-state index contributed by atoms with van der Waals surface area (Å²) in [6, 6.07) is 1.66. The van der Waals surface area contributed by atoms with Gasteiger partial charge >= 0.3 is 0 Å².